The Hall–Kier alpha value is -2.87. The standard InChI is InChI=1S/C29H31NO/c1-5-10-24-25-20-11-6-8-13-22(20)26(23-14-9-7-12-21(23)25)27(24)29(31)30-28-18(3)15-17(2)16-19(28)4/h6-9,11-16,24-27H,5,10H2,1-4H3,(H,30,31)/t24-,25?,26?,27-/m1/s1. The van der Waals surface area contributed by atoms with Gasteiger partial charge in [0.25, 0.3) is 0 Å². The van der Waals surface area contributed by atoms with E-state index in [0.29, 0.717) is 11.8 Å². The molecular formula is C29H31NO. The molecule has 0 fully saturated rings. The van der Waals surface area contributed by atoms with E-state index in [1.54, 1.807) is 0 Å². The molecule has 3 aliphatic carbocycles. The third kappa shape index (κ3) is 3.12. The lowest BCUT2D eigenvalue weighted by atomic mass is 9.53. The first-order chi connectivity index (χ1) is 15.0. The maximum absolute atomic E-state index is 13.9. The third-order valence-corrected chi connectivity index (χ3v) is 7.43. The van der Waals surface area contributed by atoms with E-state index in [0.717, 1.165) is 29.7 Å². The van der Waals surface area contributed by atoms with Crippen LogP contribution in [0.2, 0.25) is 0 Å². The second-order valence-electron chi connectivity index (χ2n) is 9.45. The van der Waals surface area contributed by atoms with Crippen LogP contribution in [0.4, 0.5) is 5.69 Å². The van der Waals surface area contributed by atoms with Crippen LogP contribution in [0.5, 0.6) is 0 Å². The van der Waals surface area contributed by atoms with Gasteiger partial charge in [-0.05, 0) is 66.5 Å². The molecule has 0 spiro atoms. The summed E-state index contributed by atoms with van der Waals surface area (Å²) in [6.45, 7) is 8.54. The van der Waals surface area contributed by atoms with Gasteiger partial charge in [-0.15, -0.1) is 0 Å². The van der Waals surface area contributed by atoms with Crippen LogP contribution >= 0.6 is 0 Å². The minimum Gasteiger partial charge on any atom is -0.325 e. The van der Waals surface area contributed by atoms with Gasteiger partial charge in [-0.25, -0.2) is 0 Å². The van der Waals surface area contributed by atoms with E-state index in [1.807, 2.05) is 0 Å². The Morgan fingerprint density at radius 2 is 1.29 bits per heavy atom. The summed E-state index contributed by atoms with van der Waals surface area (Å²) in [5, 5.41) is 3.37. The van der Waals surface area contributed by atoms with Gasteiger partial charge in [-0.3, -0.25) is 4.79 Å². The molecule has 0 unspecified atom stereocenters. The van der Waals surface area contributed by atoms with Crippen LogP contribution in [-0.4, -0.2) is 5.91 Å². The Balaban J connectivity index is 1.62. The highest BCUT2D eigenvalue weighted by atomic mass is 16.1. The monoisotopic (exact) mass is 409 g/mol. The molecular weight excluding hydrogens is 378 g/mol. The summed E-state index contributed by atoms with van der Waals surface area (Å²) in [7, 11) is 0. The summed E-state index contributed by atoms with van der Waals surface area (Å²) in [6, 6.07) is 21.9. The van der Waals surface area contributed by atoms with Crippen LogP contribution in [0.15, 0.2) is 60.7 Å². The molecule has 0 saturated heterocycles. The molecule has 0 aliphatic heterocycles. The number of benzene rings is 3. The van der Waals surface area contributed by atoms with E-state index in [-0.39, 0.29) is 17.7 Å². The summed E-state index contributed by atoms with van der Waals surface area (Å²) in [5.41, 5.74) is 10.0. The topological polar surface area (TPSA) is 29.1 Å². The molecule has 3 aromatic rings. The van der Waals surface area contributed by atoms with Crippen molar-refractivity contribution in [2.24, 2.45) is 11.8 Å². The smallest absolute Gasteiger partial charge is 0.228 e. The van der Waals surface area contributed by atoms with Crippen molar-refractivity contribution >= 4 is 11.6 Å². The average Bonchev–Trinajstić information content (AvgIpc) is 2.76. The van der Waals surface area contributed by atoms with E-state index in [9.17, 15) is 4.79 Å². The van der Waals surface area contributed by atoms with E-state index in [2.05, 4.69) is 93.7 Å². The van der Waals surface area contributed by atoms with Crippen molar-refractivity contribution in [2.45, 2.75) is 52.4 Å². The minimum atomic E-state index is -0.0464. The highest BCUT2D eigenvalue weighted by Crippen LogP contribution is 2.59. The molecule has 31 heavy (non-hydrogen) atoms. The molecule has 0 saturated carbocycles. The Labute approximate surface area is 185 Å². The lowest BCUT2D eigenvalue weighted by molar-refractivity contribution is -0.123. The van der Waals surface area contributed by atoms with Gasteiger partial charge in [0, 0.05) is 17.5 Å². The van der Waals surface area contributed by atoms with Crippen molar-refractivity contribution in [3.05, 3.63) is 99.6 Å². The predicted molar refractivity (Wildman–Crippen MR) is 128 cm³/mol. The van der Waals surface area contributed by atoms with Gasteiger partial charge in [-0.1, -0.05) is 79.6 Å². The number of anilines is 1. The Bertz CT molecular complexity index is 1090. The number of carbonyl (C=O) groups is 1. The minimum absolute atomic E-state index is 0.0464. The zero-order valence-corrected chi connectivity index (χ0v) is 18.9. The second-order valence-corrected chi connectivity index (χ2v) is 9.45. The van der Waals surface area contributed by atoms with Crippen LogP contribution in [-0.2, 0) is 4.79 Å². The van der Waals surface area contributed by atoms with Gasteiger partial charge in [0.15, 0.2) is 0 Å². The molecule has 6 rings (SSSR count). The highest BCUT2D eigenvalue weighted by molar-refractivity contribution is 5.96. The van der Waals surface area contributed by atoms with Crippen LogP contribution in [0.25, 0.3) is 0 Å². The van der Waals surface area contributed by atoms with E-state index < -0.39 is 0 Å². The van der Waals surface area contributed by atoms with Crippen molar-refractivity contribution in [1.29, 1.82) is 0 Å². The largest absolute Gasteiger partial charge is 0.325 e. The Morgan fingerprint density at radius 3 is 1.77 bits per heavy atom. The Morgan fingerprint density at radius 1 is 0.806 bits per heavy atom. The Kier molecular flexibility index (Phi) is 4.97. The third-order valence-electron chi connectivity index (χ3n) is 7.43. The first kappa shape index (κ1) is 20.1. The number of nitrogens with one attached hydrogen (secondary N) is 1. The molecule has 3 aliphatic rings. The quantitative estimate of drug-likeness (QED) is 0.500. The molecule has 0 radical (unpaired) electrons. The summed E-state index contributed by atoms with van der Waals surface area (Å²) < 4.78 is 0. The first-order valence-corrected chi connectivity index (χ1v) is 11.6. The summed E-state index contributed by atoms with van der Waals surface area (Å²) in [4.78, 5) is 13.9. The van der Waals surface area contributed by atoms with Crippen molar-refractivity contribution in [3.8, 4) is 0 Å². The van der Waals surface area contributed by atoms with Crippen molar-refractivity contribution in [2.75, 3.05) is 5.32 Å². The lowest BCUT2D eigenvalue weighted by Gasteiger charge is -2.50. The molecule has 2 bridgehead atoms. The van der Waals surface area contributed by atoms with Gasteiger partial charge < -0.3 is 5.32 Å². The maximum Gasteiger partial charge on any atom is 0.228 e. The normalized spacial score (nSPS) is 23.2. The number of rotatable bonds is 4. The summed E-state index contributed by atoms with van der Waals surface area (Å²) in [5.74, 6) is 0.876. The molecule has 158 valence electrons. The van der Waals surface area contributed by atoms with E-state index >= 15 is 0 Å². The number of hydrogen-bond acceptors (Lipinski definition) is 1. The summed E-state index contributed by atoms with van der Waals surface area (Å²) in [6.07, 6.45) is 2.15. The molecule has 0 heterocycles. The van der Waals surface area contributed by atoms with E-state index in [1.165, 1.54) is 27.8 Å². The SMILES string of the molecule is CCC[C@@H]1C2c3ccccc3C(c3ccccc32)[C@@H]1C(=O)Nc1c(C)cc(C)cc1C. The molecule has 2 atom stereocenters. The molecule has 3 aromatic carbocycles. The van der Waals surface area contributed by atoms with Crippen LogP contribution in [0.3, 0.4) is 0 Å². The van der Waals surface area contributed by atoms with Gasteiger partial charge in [0.2, 0.25) is 5.91 Å². The fourth-order valence-electron chi connectivity index (χ4n) is 6.40. The first-order valence-electron chi connectivity index (χ1n) is 11.6. The number of carbonyl (C=O) groups excluding carboxylic acids is 1. The van der Waals surface area contributed by atoms with Gasteiger partial charge >= 0.3 is 0 Å². The average molecular weight is 410 g/mol. The van der Waals surface area contributed by atoms with E-state index in [4.69, 9.17) is 0 Å². The van der Waals surface area contributed by atoms with Gasteiger partial charge in [0.05, 0.1) is 5.92 Å². The molecule has 1 N–H and O–H groups in total. The summed E-state index contributed by atoms with van der Waals surface area (Å²) >= 11 is 0. The molecule has 1 amide bonds. The maximum atomic E-state index is 13.9. The van der Waals surface area contributed by atoms with Crippen LogP contribution < -0.4 is 5.32 Å². The zero-order chi connectivity index (χ0) is 21.7. The van der Waals surface area contributed by atoms with Crippen LogP contribution in [0.1, 0.15) is 70.5 Å². The molecule has 0 aromatic heterocycles. The fraction of sp³-hybridized carbons (Fsp3) is 0.345. The second kappa shape index (κ2) is 7.67. The zero-order valence-electron chi connectivity index (χ0n) is 18.9. The molecule has 2 nitrogen and oxygen atoms in total. The van der Waals surface area contributed by atoms with Crippen molar-refractivity contribution < 1.29 is 4.79 Å². The number of hydrogen-bond donors (Lipinski definition) is 1. The van der Waals surface area contributed by atoms with Crippen LogP contribution in [0, 0.1) is 32.6 Å². The van der Waals surface area contributed by atoms with Crippen molar-refractivity contribution in [3.63, 3.8) is 0 Å². The predicted octanol–water partition coefficient (Wildman–Crippen LogP) is 6.87. The molecule has 2 heteroatoms. The number of fused-ring (bicyclic) bond motifs is 1. The fourth-order valence-corrected chi connectivity index (χ4v) is 6.40. The van der Waals surface area contributed by atoms with Gasteiger partial charge in [0.1, 0.15) is 0 Å². The van der Waals surface area contributed by atoms with Crippen molar-refractivity contribution in [1.82, 2.24) is 0 Å². The van der Waals surface area contributed by atoms with Gasteiger partial charge in [-0.2, -0.15) is 0 Å². The lowest BCUT2D eigenvalue weighted by Crippen LogP contribution is -2.45. The number of amides is 1. The highest BCUT2D eigenvalue weighted by Gasteiger charge is 2.51. The number of aryl methyl sites for hydroxylation is 3.